The predicted octanol–water partition coefficient (Wildman–Crippen LogP) is 4.28. The third-order valence-electron chi connectivity index (χ3n) is 7.16. The molecule has 2 aliphatic heterocycles. The Balaban J connectivity index is 1.69. The number of benzene rings is 1. The van der Waals surface area contributed by atoms with Crippen LogP contribution in [-0.4, -0.2) is 62.1 Å². The predicted molar refractivity (Wildman–Crippen MR) is 130 cm³/mol. The fourth-order valence-electron chi connectivity index (χ4n) is 4.86. The molecular formula is C25H38ClN3O3. The maximum atomic E-state index is 13.2. The molecule has 2 saturated heterocycles. The van der Waals surface area contributed by atoms with E-state index in [2.05, 4.69) is 31.0 Å². The highest BCUT2D eigenvalue weighted by Crippen LogP contribution is 2.31. The lowest BCUT2D eigenvalue weighted by Crippen LogP contribution is -2.53. The van der Waals surface area contributed by atoms with Crippen LogP contribution in [0.25, 0.3) is 0 Å². The van der Waals surface area contributed by atoms with Crippen molar-refractivity contribution in [1.82, 2.24) is 10.2 Å². The molecule has 178 valence electrons. The number of likely N-dealkylation sites (tertiary alicyclic amines) is 1. The van der Waals surface area contributed by atoms with Gasteiger partial charge in [-0.15, -0.1) is 0 Å². The zero-order valence-corrected chi connectivity index (χ0v) is 20.9. The zero-order valence-electron chi connectivity index (χ0n) is 20.1. The summed E-state index contributed by atoms with van der Waals surface area (Å²) in [5, 5.41) is 3.56. The van der Waals surface area contributed by atoms with Crippen LogP contribution in [-0.2, 0) is 9.53 Å². The summed E-state index contributed by atoms with van der Waals surface area (Å²) in [7, 11) is 2.00. The largest absolute Gasteiger partial charge is 0.377 e. The molecule has 3 rings (SSSR count). The summed E-state index contributed by atoms with van der Waals surface area (Å²) in [5.74, 6) is 0.0352. The molecule has 2 heterocycles. The Bertz CT molecular complexity index is 827. The minimum Gasteiger partial charge on any atom is -0.377 e. The van der Waals surface area contributed by atoms with Gasteiger partial charge in [0.15, 0.2) is 0 Å². The van der Waals surface area contributed by atoms with Crippen molar-refractivity contribution in [1.29, 1.82) is 0 Å². The minimum absolute atomic E-state index is 0.167. The van der Waals surface area contributed by atoms with Gasteiger partial charge in [-0.1, -0.05) is 38.3 Å². The number of nitrogens with one attached hydrogen (secondary N) is 1. The molecule has 7 heteroatoms. The van der Waals surface area contributed by atoms with E-state index < -0.39 is 0 Å². The first-order valence-electron chi connectivity index (χ1n) is 11.9. The molecule has 0 radical (unpaired) electrons. The lowest BCUT2D eigenvalue weighted by atomic mass is 9.82. The fourth-order valence-corrected chi connectivity index (χ4v) is 5.08. The molecular weight excluding hydrogens is 426 g/mol. The fraction of sp³-hybridized carbons (Fsp3) is 0.680. The van der Waals surface area contributed by atoms with Gasteiger partial charge in [0.1, 0.15) is 0 Å². The van der Waals surface area contributed by atoms with Crippen LogP contribution in [0.5, 0.6) is 0 Å². The van der Waals surface area contributed by atoms with Gasteiger partial charge in [-0.2, -0.15) is 0 Å². The molecule has 1 aromatic carbocycles. The third kappa shape index (κ3) is 5.40. The lowest BCUT2D eigenvalue weighted by molar-refractivity contribution is -0.144. The molecule has 1 aromatic rings. The highest BCUT2D eigenvalue weighted by molar-refractivity contribution is 6.31. The van der Waals surface area contributed by atoms with Gasteiger partial charge in [-0.05, 0) is 50.3 Å². The number of carbonyl (C=O) groups excluding carboxylic acids is 2. The Morgan fingerprint density at radius 1 is 1.28 bits per heavy atom. The monoisotopic (exact) mass is 463 g/mol. The first-order valence-corrected chi connectivity index (χ1v) is 12.3. The molecule has 3 atom stereocenters. The second-order valence-corrected chi connectivity index (χ2v) is 9.95. The van der Waals surface area contributed by atoms with Gasteiger partial charge < -0.3 is 19.9 Å². The summed E-state index contributed by atoms with van der Waals surface area (Å²) in [4.78, 5) is 30.5. The van der Waals surface area contributed by atoms with Crippen LogP contribution in [0.4, 0.5) is 5.69 Å². The topological polar surface area (TPSA) is 61.9 Å². The van der Waals surface area contributed by atoms with Crippen LogP contribution < -0.4 is 10.2 Å². The van der Waals surface area contributed by atoms with Gasteiger partial charge in [0, 0.05) is 42.5 Å². The molecule has 0 saturated carbocycles. The number of nitrogens with zero attached hydrogens (tertiary/aromatic N) is 2. The van der Waals surface area contributed by atoms with Crippen molar-refractivity contribution in [2.45, 2.75) is 65.5 Å². The van der Waals surface area contributed by atoms with Crippen molar-refractivity contribution in [2.75, 3.05) is 38.3 Å². The molecule has 2 aliphatic rings. The number of carbonyl (C=O) groups is 2. The van der Waals surface area contributed by atoms with Gasteiger partial charge in [0.05, 0.1) is 25.2 Å². The van der Waals surface area contributed by atoms with E-state index >= 15 is 0 Å². The van der Waals surface area contributed by atoms with Crippen molar-refractivity contribution in [3.05, 3.63) is 28.3 Å². The van der Waals surface area contributed by atoms with Crippen LogP contribution in [0.3, 0.4) is 0 Å². The van der Waals surface area contributed by atoms with E-state index in [1.807, 2.05) is 24.9 Å². The van der Waals surface area contributed by atoms with Crippen molar-refractivity contribution >= 4 is 29.1 Å². The molecule has 2 fully saturated rings. The summed E-state index contributed by atoms with van der Waals surface area (Å²) >= 11 is 6.37. The van der Waals surface area contributed by atoms with Gasteiger partial charge in [0.25, 0.3) is 5.91 Å². The van der Waals surface area contributed by atoms with Crippen molar-refractivity contribution in [3.8, 4) is 0 Å². The van der Waals surface area contributed by atoms with Gasteiger partial charge >= 0.3 is 0 Å². The highest BCUT2D eigenvalue weighted by Gasteiger charge is 2.38. The quantitative estimate of drug-likeness (QED) is 0.555. The van der Waals surface area contributed by atoms with Crippen molar-refractivity contribution in [2.24, 2.45) is 11.8 Å². The summed E-state index contributed by atoms with van der Waals surface area (Å²) in [6, 6.07) is 4.16. The normalized spacial score (nSPS) is 23.8. The molecule has 32 heavy (non-hydrogen) atoms. The van der Waals surface area contributed by atoms with E-state index in [-0.39, 0.29) is 29.7 Å². The van der Waals surface area contributed by atoms with Crippen LogP contribution in [0.2, 0.25) is 5.02 Å². The summed E-state index contributed by atoms with van der Waals surface area (Å²) in [6.07, 6.45) is 4.26. The summed E-state index contributed by atoms with van der Waals surface area (Å²) < 4.78 is 5.31. The number of halogens is 1. The van der Waals surface area contributed by atoms with Crippen LogP contribution in [0.15, 0.2) is 12.1 Å². The van der Waals surface area contributed by atoms with Crippen LogP contribution >= 0.6 is 11.6 Å². The molecule has 0 aromatic heterocycles. The SMILES string of the molecule is CCCCCN1C(=O)C(CNC(=O)c2cc(Cl)cc(N(C)C3COC3)c2C)C(C)CC1C. The third-order valence-corrected chi connectivity index (χ3v) is 7.37. The molecule has 0 bridgehead atoms. The minimum atomic E-state index is -0.189. The van der Waals surface area contributed by atoms with E-state index in [1.54, 1.807) is 6.07 Å². The van der Waals surface area contributed by atoms with Crippen molar-refractivity contribution in [3.63, 3.8) is 0 Å². The van der Waals surface area contributed by atoms with E-state index in [1.165, 1.54) is 0 Å². The number of hydrogen-bond donors (Lipinski definition) is 1. The maximum Gasteiger partial charge on any atom is 0.251 e. The van der Waals surface area contributed by atoms with E-state index in [9.17, 15) is 9.59 Å². The standard InChI is InChI=1S/C25H38ClN3O3/c1-6-7-8-9-29-17(3)10-16(2)22(25(29)31)13-27-24(30)21-11-19(26)12-23(18(21)4)28(5)20-14-32-15-20/h11-12,16-17,20,22H,6-10,13-15H2,1-5H3,(H,27,30). The molecule has 0 spiro atoms. The number of hydrogen-bond acceptors (Lipinski definition) is 4. The first kappa shape index (κ1) is 24.8. The molecule has 0 aliphatic carbocycles. The Morgan fingerprint density at radius 2 is 2.00 bits per heavy atom. The number of ether oxygens (including phenoxy) is 1. The Kier molecular flexibility index (Phi) is 8.45. The number of likely N-dealkylation sites (N-methyl/N-ethyl adjacent to an activating group) is 1. The van der Waals surface area contributed by atoms with Crippen LogP contribution in [0.1, 0.15) is 62.4 Å². The van der Waals surface area contributed by atoms with E-state index in [0.29, 0.717) is 36.4 Å². The maximum absolute atomic E-state index is 13.2. The lowest BCUT2D eigenvalue weighted by Gasteiger charge is -2.41. The molecule has 6 nitrogen and oxygen atoms in total. The summed E-state index contributed by atoms with van der Waals surface area (Å²) in [6.45, 7) is 10.9. The Labute approximate surface area is 197 Å². The average molecular weight is 464 g/mol. The number of piperidine rings is 1. The van der Waals surface area contributed by atoms with Crippen LogP contribution in [0, 0.1) is 18.8 Å². The molecule has 1 N–H and O–H groups in total. The second-order valence-electron chi connectivity index (χ2n) is 9.52. The van der Waals surface area contributed by atoms with Gasteiger partial charge in [-0.3, -0.25) is 9.59 Å². The van der Waals surface area contributed by atoms with Gasteiger partial charge in [-0.25, -0.2) is 0 Å². The average Bonchev–Trinajstić information content (AvgIpc) is 2.70. The first-order chi connectivity index (χ1) is 15.2. The number of unbranched alkanes of at least 4 members (excludes halogenated alkanes) is 2. The Morgan fingerprint density at radius 3 is 2.62 bits per heavy atom. The number of amides is 2. The zero-order chi connectivity index (χ0) is 23.4. The van der Waals surface area contributed by atoms with E-state index in [0.717, 1.165) is 43.5 Å². The smallest absolute Gasteiger partial charge is 0.251 e. The Hall–Kier alpha value is -1.79. The molecule has 3 unspecified atom stereocenters. The highest BCUT2D eigenvalue weighted by atomic mass is 35.5. The number of anilines is 1. The second kappa shape index (κ2) is 10.9. The summed E-state index contributed by atoms with van der Waals surface area (Å²) in [5.41, 5.74) is 2.39. The van der Waals surface area contributed by atoms with Gasteiger partial charge in [0.2, 0.25) is 5.91 Å². The van der Waals surface area contributed by atoms with Crippen molar-refractivity contribution < 1.29 is 14.3 Å². The molecule has 2 amide bonds. The number of rotatable bonds is 9. The van der Waals surface area contributed by atoms with E-state index in [4.69, 9.17) is 16.3 Å².